The lowest BCUT2D eigenvalue weighted by Crippen LogP contribution is -2.19. The Balaban J connectivity index is 2.06. The molecule has 0 amide bonds. The number of aromatic nitrogens is 4. The molecule has 0 spiro atoms. The van der Waals surface area contributed by atoms with Crippen LogP contribution in [0.25, 0.3) is 11.4 Å². The van der Waals surface area contributed by atoms with Gasteiger partial charge in [-0.25, -0.2) is 4.68 Å². The summed E-state index contributed by atoms with van der Waals surface area (Å²) in [6, 6.07) is 5.92. The van der Waals surface area contributed by atoms with Crippen molar-refractivity contribution in [3.05, 3.63) is 18.2 Å². The Morgan fingerprint density at radius 2 is 2.22 bits per heavy atom. The maximum atomic E-state index is 6.00. The third-order valence-electron chi connectivity index (χ3n) is 3.41. The van der Waals surface area contributed by atoms with Crippen molar-refractivity contribution in [2.45, 2.75) is 25.3 Å². The molecule has 1 aliphatic carbocycles. The van der Waals surface area contributed by atoms with Gasteiger partial charge in [-0.05, 0) is 47.9 Å². The average Bonchev–Trinajstić information content (AvgIpc) is 2.76. The smallest absolute Gasteiger partial charge is 0.184 e. The molecule has 0 saturated heterocycles. The number of benzene rings is 1. The van der Waals surface area contributed by atoms with Crippen LogP contribution in [0.15, 0.2) is 18.2 Å². The van der Waals surface area contributed by atoms with E-state index in [1.807, 2.05) is 22.9 Å². The van der Waals surface area contributed by atoms with E-state index in [1.54, 1.807) is 7.11 Å². The van der Waals surface area contributed by atoms with E-state index in [1.165, 1.54) is 6.42 Å². The minimum Gasteiger partial charge on any atom is -0.497 e. The van der Waals surface area contributed by atoms with E-state index in [0.717, 1.165) is 30.0 Å². The Morgan fingerprint density at radius 1 is 1.39 bits per heavy atom. The van der Waals surface area contributed by atoms with Gasteiger partial charge in [0, 0.05) is 11.3 Å². The zero-order valence-electron chi connectivity index (χ0n) is 10.2. The third-order valence-corrected chi connectivity index (χ3v) is 3.41. The van der Waals surface area contributed by atoms with Crippen molar-refractivity contribution >= 4 is 5.69 Å². The molecular formula is C12H15N5O. The van der Waals surface area contributed by atoms with Gasteiger partial charge in [0.05, 0.1) is 13.2 Å². The molecule has 0 aliphatic heterocycles. The van der Waals surface area contributed by atoms with Gasteiger partial charge in [-0.2, -0.15) is 0 Å². The number of methoxy groups -OCH3 is 1. The van der Waals surface area contributed by atoms with Gasteiger partial charge in [-0.1, -0.05) is 0 Å². The van der Waals surface area contributed by atoms with E-state index in [2.05, 4.69) is 15.5 Å². The lowest BCUT2D eigenvalue weighted by atomic mass is 9.93. The summed E-state index contributed by atoms with van der Waals surface area (Å²) in [5.41, 5.74) is 7.48. The SMILES string of the molecule is COc1ccc(N)c(-c2nnnn2C2CCC2)c1. The first-order chi connectivity index (χ1) is 8.79. The molecule has 2 N–H and O–H groups in total. The normalized spacial score (nSPS) is 15.4. The first-order valence-corrected chi connectivity index (χ1v) is 6.01. The molecule has 6 nitrogen and oxygen atoms in total. The average molecular weight is 245 g/mol. The molecule has 0 radical (unpaired) electrons. The summed E-state index contributed by atoms with van der Waals surface area (Å²) in [6.07, 6.45) is 3.49. The summed E-state index contributed by atoms with van der Waals surface area (Å²) in [7, 11) is 1.63. The van der Waals surface area contributed by atoms with Crippen molar-refractivity contribution in [3.63, 3.8) is 0 Å². The minimum absolute atomic E-state index is 0.403. The Morgan fingerprint density at radius 3 is 2.89 bits per heavy atom. The lowest BCUT2D eigenvalue weighted by molar-refractivity contribution is 0.287. The second-order valence-electron chi connectivity index (χ2n) is 4.48. The molecule has 0 unspecified atom stereocenters. The highest BCUT2D eigenvalue weighted by Crippen LogP contribution is 2.35. The monoisotopic (exact) mass is 245 g/mol. The topological polar surface area (TPSA) is 78.8 Å². The molecule has 1 aliphatic rings. The molecule has 0 atom stereocenters. The number of rotatable bonds is 3. The van der Waals surface area contributed by atoms with E-state index in [9.17, 15) is 0 Å². The fourth-order valence-electron chi connectivity index (χ4n) is 2.10. The van der Waals surface area contributed by atoms with Gasteiger partial charge in [-0.3, -0.25) is 0 Å². The molecule has 3 rings (SSSR count). The molecule has 94 valence electrons. The number of nitrogen functional groups attached to an aromatic ring is 1. The Hall–Kier alpha value is -2.11. The summed E-state index contributed by atoms with van der Waals surface area (Å²) in [4.78, 5) is 0. The van der Waals surface area contributed by atoms with Gasteiger partial charge in [-0.15, -0.1) is 5.10 Å². The largest absolute Gasteiger partial charge is 0.497 e. The van der Waals surface area contributed by atoms with Crippen LogP contribution < -0.4 is 10.5 Å². The van der Waals surface area contributed by atoms with Crippen LogP contribution in [0.4, 0.5) is 5.69 Å². The number of ether oxygens (including phenoxy) is 1. The number of nitrogens with two attached hydrogens (primary N) is 1. The van der Waals surface area contributed by atoms with Gasteiger partial charge in [0.2, 0.25) is 0 Å². The maximum Gasteiger partial charge on any atom is 0.184 e. The molecule has 1 saturated carbocycles. The summed E-state index contributed by atoms with van der Waals surface area (Å²) in [6.45, 7) is 0. The van der Waals surface area contributed by atoms with Crippen molar-refractivity contribution in [3.8, 4) is 17.1 Å². The molecule has 0 bridgehead atoms. The van der Waals surface area contributed by atoms with Crippen LogP contribution in [0, 0.1) is 0 Å². The number of anilines is 1. The first kappa shape index (κ1) is 11.0. The summed E-state index contributed by atoms with van der Waals surface area (Å²) >= 11 is 0. The lowest BCUT2D eigenvalue weighted by Gasteiger charge is -2.26. The van der Waals surface area contributed by atoms with Crippen LogP contribution in [0.5, 0.6) is 5.75 Å². The van der Waals surface area contributed by atoms with Crippen LogP contribution >= 0.6 is 0 Å². The van der Waals surface area contributed by atoms with Crippen molar-refractivity contribution in [1.29, 1.82) is 0 Å². The minimum atomic E-state index is 0.403. The van der Waals surface area contributed by atoms with E-state index < -0.39 is 0 Å². The Labute approximate surface area is 105 Å². The van der Waals surface area contributed by atoms with E-state index in [-0.39, 0.29) is 0 Å². The van der Waals surface area contributed by atoms with E-state index >= 15 is 0 Å². The molecule has 1 aromatic heterocycles. The standard InChI is InChI=1S/C12H15N5O/c1-18-9-5-6-11(13)10(7-9)12-14-15-16-17(12)8-3-2-4-8/h5-8H,2-4,13H2,1H3. The summed E-state index contributed by atoms with van der Waals surface area (Å²) in [5.74, 6) is 1.47. The van der Waals surface area contributed by atoms with Gasteiger partial charge in [0.1, 0.15) is 5.75 Å². The van der Waals surface area contributed by atoms with E-state index in [4.69, 9.17) is 10.5 Å². The first-order valence-electron chi connectivity index (χ1n) is 6.01. The molecule has 18 heavy (non-hydrogen) atoms. The second-order valence-corrected chi connectivity index (χ2v) is 4.48. The van der Waals surface area contributed by atoms with Gasteiger partial charge >= 0.3 is 0 Å². The Bertz CT molecular complexity index is 561. The van der Waals surface area contributed by atoms with Crippen molar-refractivity contribution in [2.24, 2.45) is 0 Å². The van der Waals surface area contributed by atoms with E-state index in [0.29, 0.717) is 11.7 Å². The number of hydrogen-bond donors (Lipinski definition) is 1. The van der Waals surface area contributed by atoms with Crippen LogP contribution in [0.2, 0.25) is 0 Å². The summed E-state index contributed by atoms with van der Waals surface area (Å²) < 4.78 is 7.08. The number of hydrogen-bond acceptors (Lipinski definition) is 5. The van der Waals surface area contributed by atoms with Crippen LogP contribution in [0.1, 0.15) is 25.3 Å². The van der Waals surface area contributed by atoms with Gasteiger partial charge < -0.3 is 10.5 Å². The van der Waals surface area contributed by atoms with Crippen molar-refractivity contribution in [2.75, 3.05) is 12.8 Å². The van der Waals surface area contributed by atoms with Gasteiger partial charge in [0.15, 0.2) is 5.82 Å². The highest BCUT2D eigenvalue weighted by Gasteiger charge is 2.25. The number of tetrazole rings is 1. The quantitative estimate of drug-likeness (QED) is 0.832. The Kier molecular flexibility index (Phi) is 2.62. The van der Waals surface area contributed by atoms with Crippen molar-refractivity contribution in [1.82, 2.24) is 20.2 Å². The highest BCUT2D eigenvalue weighted by molar-refractivity contribution is 5.73. The third kappa shape index (κ3) is 1.70. The van der Waals surface area contributed by atoms with Gasteiger partial charge in [0.25, 0.3) is 0 Å². The number of nitrogens with zero attached hydrogens (tertiary/aromatic N) is 4. The van der Waals surface area contributed by atoms with Crippen molar-refractivity contribution < 1.29 is 4.74 Å². The van der Waals surface area contributed by atoms with Crippen LogP contribution in [0.3, 0.4) is 0 Å². The highest BCUT2D eigenvalue weighted by atomic mass is 16.5. The zero-order chi connectivity index (χ0) is 12.5. The molecule has 1 heterocycles. The predicted molar refractivity (Wildman–Crippen MR) is 67.1 cm³/mol. The maximum absolute atomic E-state index is 6.00. The zero-order valence-corrected chi connectivity index (χ0v) is 10.2. The molecule has 1 aromatic carbocycles. The van der Waals surface area contributed by atoms with Crippen LogP contribution in [-0.4, -0.2) is 27.3 Å². The molecular weight excluding hydrogens is 230 g/mol. The predicted octanol–water partition coefficient (Wildman–Crippen LogP) is 1.66. The molecule has 1 fully saturated rings. The van der Waals surface area contributed by atoms with Crippen LogP contribution in [-0.2, 0) is 0 Å². The molecule has 2 aromatic rings. The fourth-order valence-corrected chi connectivity index (χ4v) is 2.10. The second kappa shape index (κ2) is 4.29. The fraction of sp³-hybridized carbons (Fsp3) is 0.417. The summed E-state index contributed by atoms with van der Waals surface area (Å²) in [5, 5.41) is 11.9. The molecule has 6 heteroatoms.